The second-order valence-electron chi connectivity index (χ2n) is 0. The second-order valence-corrected chi connectivity index (χ2v) is 0. The largest absolute Gasteiger partial charge is 0.344 e. The van der Waals surface area contributed by atoms with Crippen LogP contribution >= 0.6 is 0 Å². The number of halogens is 2. The van der Waals surface area contributed by atoms with Gasteiger partial charge in [-0.25, -0.2) is 0 Å². The summed E-state index contributed by atoms with van der Waals surface area (Å²) in [5, 5.41) is 0. The van der Waals surface area contributed by atoms with Crippen molar-refractivity contribution in [2.24, 2.45) is 0 Å². The van der Waals surface area contributed by atoms with Crippen LogP contribution in [0.1, 0.15) is 0 Å². The van der Waals surface area contributed by atoms with Gasteiger partial charge in [0, 0.05) is 7.77 Å². The molecule has 0 aliphatic rings. The van der Waals surface area contributed by atoms with Gasteiger partial charge in [0.05, 0.1) is 0 Å². The summed E-state index contributed by atoms with van der Waals surface area (Å²) >= 11 is 2.94. The van der Waals surface area contributed by atoms with Gasteiger partial charge in [0.15, 0.2) is 26.0 Å². The Kier molecular flexibility index (Phi) is 736. The fourth-order valence-electron chi connectivity index (χ4n) is 0. The van der Waals surface area contributed by atoms with Crippen molar-refractivity contribution in [2.75, 3.05) is 0 Å². The minimum Gasteiger partial charge on any atom is -0.344 e. The van der Waals surface area contributed by atoms with Gasteiger partial charge >= 0.3 is 0 Å². The zero-order valence-electron chi connectivity index (χ0n) is 2.46. The van der Waals surface area contributed by atoms with Gasteiger partial charge in [-0.05, 0) is 0 Å². The molecule has 36 valence electrons. The first-order valence-electron chi connectivity index (χ1n) is 0.378. The predicted octanol–water partition coefficient (Wildman–Crippen LogP) is -0.0732. The quantitative estimate of drug-likeness (QED) is 0.449. The van der Waals surface area contributed by atoms with Gasteiger partial charge in [-0.3, -0.25) is 0 Å². The Morgan fingerprint density at radius 2 is 0.800 bits per heavy atom. The first-order valence-corrected chi connectivity index (χ1v) is 1.13. The Morgan fingerprint density at radius 1 is 0.800 bits per heavy atom. The van der Waals surface area contributed by atoms with E-state index in [1.807, 2.05) is 0 Å². The van der Waals surface area contributed by atoms with Crippen LogP contribution in [0.25, 0.3) is 0 Å². The van der Waals surface area contributed by atoms with Crippen LogP contribution < -0.4 is 6.15 Å². The molecule has 1 nitrogen and oxygen atoms in total. The van der Waals surface area contributed by atoms with E-state index >= 15 is 0 Å². The van der Waals surface area contributed by atoms with Crippen molar-refractivity contribution in [1.82, 2.24) is 6.15 Å². The lowest BCUT2D eigenvalue weighted by atomic mass is 14.0. The lowest BCUT2D eigenvalue weighted by molar-refractivity contribution is 0.951. The number of hydrogen-bond acceptors (Lipinski definition) is 1. The molecule has 0 aromatic heterocycles. The molecule has 0 aliphatic heterocycles. The van der Waals surface area contributed by atoms with Crippen LogP contribution in [-0.2, 0) is 26.0 Å². The standard InChI is InChI=1S/2FHS.H3N/c2*1-2;/h2*2H;1H3/p+2. The molecule has 5 heavy (non-hydrogen) atoms. The molecule has 0 aromatic carbocycles. The second kappa shape index (κ2) is 207. The fourth-order valence-corrected chi connectivity index (χ4v) is 0. The zero-order valence-corrected chi connectivity index (χ0v) is 4.46. The molecular formula is H7F2NS2+2. The van der Waals surface area contributed by atoms with E-state index in [-0.39, 0.29) is 6.15 Å². The summed E-state index contributed by atoms with van der Waals surface area (Å²) in [5.41, 5.74) is 0. The molecule has 0 rings (SSSR count). The van der Waals surface area contributed by atoms with Crippen LogP contribution in [-0.4, -0.2) is 0 Å². The maximum absolute atomic E-state index is 9.31. The van der Waals surface area contributed by atoms with Crippen molar-refractivity contribution in [2.45, 2.75) is 0 Å². The van der Waals surface area contributed by atoms with Gasteiger partial charge in [-0.2, -0.15) is 0 Å². The highest BCUT2D eigenvalue weighted by molar-refractivity contribution is 7.52. The average molecular weight is 123 g/mol. The molecular weight excluding hydrogens is 116 g/mol. The van der Waals surface area contributed by atoms with E-state index in [1.165, 1.54) is 26.0 Å². The van der Waals surface area contributed by atoms with E-state index < -0.39 is 0 Å². The van der Waals surface area contributed by atoms with E-state index in [0.717, 1.165) is 0 Å². The van der Waals surface area contributed by atoms with Crippen LogP contribution in [0, 0.1) is 0 Å². The minimum absolute atomic E-state index is 0. The van der Waals surface area contributed by atoms with Crippen molar-refractivity contribution in [3.05, 3.63) is 0 Å². The Balaban J connectivity index is -0.0000000133. The van der Waals surface area contributed by atoms with Crippen LogP contribution in [0.5, 0.6) is 0 Å². The summed E-state index contributed by atoms with van der Waals surface area (Å²) in [6.07, 6.45) is 0. The Bertz CT molecular complexity index is 7.61. The van der Waals surface area contributed by atoms with Gasteiger partial charge in [0.25, 0.3) is 0 Å². The number of hydrogen-bond donors (Lipinski definition) is 1. The van der Waals surface area contributed by atoms with Crippen LogP contribution in [0.2, 0.25) is 0 Å². The van der Waals surface area contributed by atoms with E-state index in [0.29, 0.717) is 0 Å². The van der Waals surface area contributed by atoms with Crippen molar-refractivity contribution in [1.29, 1.82) is 0 Å². The third-order valence-electron chi connectivity index (χ3n) is 0. The molecule has 0 radical (unpaired) electrons. The summed E-state index contributed by atoms with van der Waals surface area (Å²) in [6, 6.07) is 0. The minimum atomic E-state index is 0. The Morgan fingerprint density at radius 3 is 0.800 bits per heavy atom. The van der Waals surface area contributed by atoms with E-state index in [2.05, 4.69) is 0 Å². The SMILES string of the molecule is F[SH2+].F[SH2+].N. The van der Waals surface area contributed by atoms with Gasteiger partial charge in [0.2, 0.25) is 0 Å². The lowest BCUT2D eigenvalue weighted by Crippen LogP contribution is -0.813. The van der Waals surface area contributed by atoms with Crippen molar-refractivity contribution in [3.63, 3.8) is 0 Å². The predicted molar refractivity (Wildman–Crippen MR) is 27.5 cm³/mol. The summed E-state index contributed by atoms with van der Waals surface area (Å²) in [5.74, 6) is 0. The summed E-state index contributed by atoms with van der Waals surface area (Å²) < 4.78 is 18.6. The summed E-state index contributed by atoms with van der Waals surface area (Å²) in [4.78, 5) is 0. The zero-order chi connectivity index (χ0) is 4.00. The van der Waals surface area contributed by atoms with Crippen molar-refractivity contribution in [3.8, 4) is 0 Å². The molecule has 0 saturated heterocycles. The van der Waals surface area contributed by atoms with Crippen LogP contribution in [0.3, 0.4) is 0 Å². The molecule has 0 spiro atoms. The van der Waals surface area contributed by atoms with E-state index in [4.69, 9.17) is 0 Å². The molecule has 0 amide bonds. The normalized spacial score (nSPS) is 2.40. The van der Waals surface area contributed by atoms with Gasteiger partial charge in [-0.1, -0.05) is 0 Å². The number of rotatable bonds is 0. The Hall–Kier alpha value is 0.520. The average Bonchev–Trinajstić information content (AvgIpc) is 1.50. The van der Waals surface area contributed by atoms with E-state index in [9.17, 15) is 7.77 Å². The lowest BCUT2D eigenvalue weighted by Gasteiger charge is -0.909. The molecule has 0 aliphatic carbocycles. The molecule has 0 bridgehead atoms. The molecule has 0 unspecified atom stereocenters. The van der Waals surface area contributed by atoms with E-state index in [1.54, 1.807) is 0 Å². The monoisotopic (exact) mass is 123 g/mol. The van der Waals surface area contributed by atoms with Crippen LogP contribution in [0.15, 0.2) is 0 Å². The first-order chi connectivity index (χ1) is 2.00. The molecule has 0 fully saturated rings. The highest BCUT2D eigenvalue weighted by Crippen LogP contribution is 1.23. The van der Waals surface area contributed by atoms with Crippen molar-refractivity contribution < 1.29 is 7.77 Å². The summed E-state index contributed by atoms with van der Waals surface area (Å²) in [6.45, 7) is 0. The molecule has 0 aromatic rings. The highest BCUT2D eigenvalue weighted by Gasteiger charge is 1.10. The molecule has 0 saturated carbocycles. The summed E-state index contributed by atoms with van der Waals surface area (Å²) in [7, 11) is 0. The topological polar surface area (TPSA) is 35.0 Å². The Labute approximate surface area is 40.7 Å². The van der Waals surface area contributed by atoms with Crippen LogP contribution in [0.4, 0.5) is 7.77 Å². The fraction of sp³-hybridized carbons (Fsp3) is 0. The molecule has 3 N–H and O–H groups in total. The molecule has 0 heterocycles. The van der Waals surface area contributed by atoms with Gasteiger partial charge in [-0.15, -0.1) is 0 Å². The van der Waals surface area contributed by atoms with Crippen molar-refractivity contribution >= 4 is 26.0 Å². The van der Waals surface area contributed by atoms with Gasteiger partial charge in [0.1, 0.15) is 0 Å². The maximum Gasteiger partial charge on any atom is 0.176 e. The van der Waals surface area contributed by atoms with Gasteiger partial charge < -0.3 is 6.15 Å². The maximum atomic E-state index is 9.31. The smallest absolute Gasteiger partial charge is 0.176 e. The molecule has 0 atom stereocenters. The highest BCUT2D eigenvalue weighted by atomic mass is 32.1. The third-order valence-corrected chi connectivity index (χ3v) is 0. The first kappa shape index (κ1) is 17.8. The third kappa shape index (κ3) is 106. The molecule has 5 heteroatoms.